The molecule has 9 N–H and O–H groups in total. The van der Waals surface area contributed by atoms with Gasteiger partial charge in [0.1, 0.15) is 11.9 Å². The van der Waals surface area contributed by atoms with Crippen molar-refractivity contribution >= 4 is 11.6 Å². The molecule has 1 saturated carbocycles. The second-order valence-electron chi connectivity index (χ2n) is 9.49. The van der Waals surface area contributed by atoms with Gasteiger partial charge in [-0.1, -0.05) is 13.8 Å². The Morgan fingerprint density at radius 1 is 1.06 bits per heavy atom. The highest BCUT2D eigenvalue weighted by Crippen LogP contribution is 2.41. The number of nitrogens with one attached hydrogen (secondary N) is 1. The van der Waals surface area contributed by atoms with Gasteiger partial charge >= 0.3 is 0 Å². The van der Waals surface area contributed by atoms with Crippen molar-refractivity contribution in [2.75, 3.05) is 26.7 Å². The van der Waals surface area contributed by atoms with Crippen molar-refractivity contribution in [3.63, 3.8) is 0 Å². The number of hydrogen-bond donors (Lipinski definition) is 6. The van der Waals surface area contributed by atoms with E-state index >= 15 is 0 Å². The smallest absolute Gasteiger partial charge is 0.252 e. The molecule has 0 bridgehead atoms. The number of nitrogens with two attached hydrogens (primary N) is 3. The molecule has 36 heavy (non-hydrogen) atoms. The van der Waals surface area contributed by atoms with Gasteiger partial charge in [-0.05, 0) is 74.3 Å². The summed E-state index contributed by atoms with van der Waals surface area (Å²) in [4.78, 5) is 13.3. The molecule has 3 aliphatic rings. The van der Waals surface area contributed by atoms with Gasteiger partial charge in [-0.15, -0.1) is 0 Å². The lowest BCUT2D eigenvalue weighted by Gasteiger charge is -2.40. The minimum atomic E-state index is -1.75. The van der Waals surface area contributed by atoms with Crippen molar-refractivity contribution in [2.45, 2.75) is 58.0 Å². The summed E-state index contributed by atoms with van der Waals surface area (Å²) in [5.74, 6) is -1.25. The number of carbonyl (C=O) groups excluding carboxylic acids is 1. The van der Waals surface area contributed by atoms with Gasteiger partial charge in [0, 0.05) is 43.6 Å². The second-order valence-corrected chi connectivity index (χ2v) is 9.49. The maximum Gasteiger partial charge on any atom is 0.252 e. The molecular weight excluding hydrogens is 465 g/mol. The van der Waals surface area contributed by atoms with Gasteiger partial charge in [0.05, 0.1) is 5.82 Å². The topological polar surface area (TPSA) is 160 Å². The first-order valence-corrected chi connectivity index (χ1v) is 12.1. The lowest BCUT2D eigenvalue weighted by molar-refractivity contribution is -0.321. The largest absolute Gasteiger partial charge is 0.398 e. The highest BCUT2D eigenvalue weighted by molar-refractivity contribution is 5.94. The Morgan fingerprint density at radius 2 is 1.69 bits per heavy atom. The maximum absolute atomic E-state index is 13.4. The van der Waals surface area contributed by atoms with Gasteiger partial charge in [0.25, 0.3) is 11.8 Å². The van der Waals surface area contributed by atoms with E-state index in [1.165, 1.54) is 50.6 Å². The zero-order valence-electron chi connectivity index (χ0n) is 20.3. The summed E-state index contributed by atoms with van der Waals surface area (Å²) in [7, 11) is 1.46. The Kier molecular flexibility index (Phi) is 10.7. The standard InChI is InChI=1S/C13H23NO3.C12H15FN4O.CH4/c15-13(16,12-6-1-2-7-17-12)14-8-10-4-3-5-11(10)9-14;1-17-12(18)8-4-7(5-9(13)6-8)10(14)2-3-11(15)16;/h10-12,15-16H,1-9H2;2-6H,14-16H2,1H3,(H,17,18);1H4/b;10-2-;. The molecule has 3 fully saturated rings. The summed E-state index contributed by atoms with van der Waals surface area (Å²) in [5.41, 5.74) is 17.1. The zero-order valence-corrected chi connectivity index (χ0v) is 20.3. The molecule has 3 unspecified atom stereocenters. The van der Waals surface area contributed by atoms with Crippen LogP contribution in [0, 0.1) is 17.7 Å². The molecule has 2 saturated heterocycles. The fraction of sp³-hybridized carbons (Fsp3) is 0.577. The molecule has 1 aromatic carbocycles. The molecule has 4 rings (SSSR count). The van der Waals surface area contributed by atoms with E-state index in [1.54, 1.807) is 0 Å². The SMILES string of the molecule is C.CNC(=O)c1cc(F)cc(/C(N)=C/C=C(N)N)c1.OC(O)(C1CCCCO1)N1CC2CCCC2C1. The number of carbonyl (C=O) groups is 1. The van der Waals surface area contributed by atoms with Gasteiger partial charge in [-0.2, -0.15) is 0 Å². The molecule has 1 aliphatic carbocycles. The van der Waals surface area contributed by atoms with Gasteiger partial charge < -0.3 is 37.5 Å². The summed E-state index contributed by atoms with van der Waals surface area (Å²) in [6.07, 6.45) is 9.07. The van der Waals surface area contributed by atoms with Crippen LogP contribution < -0.4 is 22.5 Å². The highest BCUT2D eigenvalue weighted by Gasteiger charge is 2.48. The number of ether oxygens (including phenoxy) is 1. The lowest BCUT2D eigenvalue weighted by atomic mass is 10.0. The maximum atomic E-state index is 13.4. The van der Waals surface area contributed by atoms with Crippen LogP contribution in [0.5, 0.6) is 0 Å². The molecular formula is C26H42FN5O4. The molecule has 9 nitrogen and oxygen atoms in total. The Morgan fingerprint density at radius 3 is 2.25 bits per heavy atom. The zero-order chi connectivity index (χ0) is 25.6. The Hall–Kier alpha value is -2.66. The Bertz CT molecular complexity index is 930. The molecule has 0 radical (unpaired) electrons. The van der Waals surface area contributed by atoms with Crippen molar-refractivity contribution in [3.8, 4) is 0 Å². The van der Waals surface area contributed by atoms with Crippen LogP contribution in [0.3, 0.4) is 0 Å². The number of aliphatic hydroxyl groups is 2. The average Bonchev–Trinajstić information content (AvgIpc) is 3.46. The van der Waals surface area contributed by atoms with Crippen molar-refractivity contribution < 1.29 is 24.1 Å². The molecule has 10 heteroatoms. The normalized spacial score (nSPS) is 24.1. The molecule has 2 aliphatic heterocycles. The first kappa shape index (κ1) is 29.6. The average molecular weight is 508 g/mol. The first-order valence-electron chi connectivity index (χ1n) is 12.1. The molecule has 3 atom stereocenters. The number of amides is 1. The fourth-order valence-corrected chi connectivity index (χ4v) is 5.07. The molecule has 202 valence electrons. The van der Waals surface area contributed by atoms with Crippen molar-refractivity contribution in [1.82, 2.24) is 10.2 Å². The number of allylic oxidation sites excluding steroid dienone is 2. The van der Waals surface area contributed by atoms with Gasteiger partial charge in [0.2, 0.25) is 0 Å². The molecule has 0 aromatic heterocycles. The van der Waals surface area contributed by atoms with E-state index in [2.05, 4.69) is 5.32 Å². The number of fused-ring (bicyclic) bond motifs is 1. The van der Waals surface area contributed by atoms with Crippen LogP contribution in [0.15, 0.2) is 36.2 Å². The highest BCUT2D eigenvalue weighted by atomic mass is 19.1. The second kappa shape index (κ2) is 13.0. The third kappa shape index (κ3) is 7.42. The lowest BCUT2D eigenvalue weighted by Crippen LogP contribution is -2.58. The number of rotatable bonds is 5. The monoisotopic (exact) mass is 507 g/mol. The summed E-state index contributed by atoms with van der Waals surface area (Å²) in [6, 6.07) is 3.83. The molecule has 0 spiro atoms. The minimum Gasteiger partial charge on any atom is -0.398 e. The third-order valence-corrected chi connectivity index (χ3v) is 6.98. The van der Waals surface area contributed by atoms with Crippen molar-refractivity contribution in [1.29, 1.82) is 0 Å². The van der Waals surface area contributed by atoms with Crippen molar-refractivity contribution in [3.05, 3.63) is 53.1 Å². The minimum absolute atomic E-state index is 0. The van der Waals surface area contributed by atoms with E-state index in [0.29, 0.717) is 24.0 Å². The number of likely N-dealkylation sites (tertiary alicyclic amines) is 1. The predicted molar refractivity (Wildman–Crippen MR) is 138 cm³/mol. The van der Waals surface area contributed by atoms with Crippen LogP contribution in [0.2, 0.25) is 0 Å². The van der Waals surface area contributed by atoms with E-state index in [1.807, 2.05) is 4.90 Å². The summed E-state index contributed by atoms with van der Waals surface area (Å²) in [5, 5.41) is 23.1. The molecule has 2 heterocycles. The van der Waals surface area contributed by atoms with Crippen molar-refractivity contribution in [2.24, 2.45) is 29.0 Å². The summed E-state index contributed by atoms with van der Waals surface area (Å²) in [6.45, 7) is 2.32. The van der Waals surface area contributed by atoms with Gasteiger partial charge in [-0.3, -0.25) is 4.79 Å². The first-order chi connectivity index (χ1) is 16.6. The number of nitrogens with zero attached hydrogens (tertiary/aromatic N) is 1. The fourth-order valence-electron chi connectivity index (χ4n) is 5.07. The summed E-state index contributed by atoms with van der Waals surface area (Å²) < 4.78 is 18.9. The van der Waals surface area contributed by atoms with Gasteiger partial charge in [0.15, 0.2) is 0 Å². The molecule has 1 amide bonds. The quantitative estimate of drug-likeness (QED) is 0.260. The van der Waals surface area contributed by atoms with E-state index in [0.717, 1.165) is 38.4 Å². The van der Waals surface area contributed by atoms with E-state index in [4.69, 9.17) is 21.9 Å². The number of halogens is 1. The van der Waals surface area contributed by atoms with Crippen LogP contribution in [0.25, 0.3) is 5.70 Å². The Labute approximate surface area is 213 Å². The predicted octanol–water partition coefficient (Wildman–Crippen LogP) is 1.81. The van der Waals surface area contributed by atoms with Crippen LogP contribution >= 0.6 is 0 Å². The van der Waals surface area contributed by atoms with Crippen LogP contribution in [0.1, 0.15) is 61.9 Å². The van der Waals surface area contributed by atoms with Crippen LogP contribution in [0.4, 0.5) is 4.39 Å². The van der Waals surface area contributed by atoms with E-state index in [9.17, 15) is 19.4 Å². The number of hydrogen-bond acceptors (Lipinski definition) is 8. The van der Waals surface area contributed by atoms with E-state index in [-0.39, 0.29) is 24.5 Å². The summed E-state index contributed by atoms with van der Waals surface area (Å²) >= 11 is 0. The van der Waals surface area contributed by atoms with Crippen LogP contribution in [-0.2, 0) is 4.74 Å². The molecule has 1 aromatic rings. The van der Waals surface area contributed by atoms with E-state index < -0.39 is 23.7 Å². The third-order valence-electron chi connectivity index (χ3n) is 6.98. The number of benzene rings is 1. The Balaban J connectivity index is 0.000000247. The van der Waals surface area contributed by atoms with Gasteiger partial charge in [-0.25, -0.2) is 9.29 Å². The van der Waals surface area contributed by atoms with Crippen LogP contribution in [-0.4, -0.2) is 59.8 Å².